The van der Waals surface area contributed by atoms with Crippen LogP contribution in [0.25, 0.3) is 15.9 Å². The van der Waals surface area contributed by atoms with E-state index in [4.69, 9.17) is 16.6 Å². The SMILES string of the molecule is Cc1sc2nc(SCC(=O)N3CCCCC3C)n(-c3ccc(Cl)cc3)c(=O)c2c1C. The van der Waals surface area contributed by atoms with Crippen LogP contribution in [-0.4, -0.2) is 38.7 Å². The molecule has 3 heterocycles. The molecule has 1 aromatic carbocycles. The van der Waals surface area contributed by atoms with Crippen LogP contribution in [0.4, 0.5) is 0 Å². The third-order valence-corrected chi connectivity index (χ3v) is 7.98. The lowest BCUT2D eigenvalue weighted by Gasteiger charge is -2.33. The maximum Gasteiger partial charge on any atom is 0.267 e. The molecule has 0 spiro atoms. The van der Waals surface area contributed by atoms with Crippen molar-refractivity contribution in [2.24, 2.45) is 0 Å². The minimum Gasteiger partial charge on any atom is -0.339 e. The van der Waals surface area contributed by atoms with Gasteiger partial charge in [-0.2, -0.15) is 0 Å². The standard InChI is InChI=1S/C22H24ClN3O2S2/c1-13-6-4-5-11-25(13)18(27)12-29-22-24-20-19(14(2)15(3)30-20)21(28)26(22)17-9-7-16(23)8-10-17/h7-10,13H,4-6,11-12H2,1-3H3. The van der Waals surface area contributed by atoms with Gasteiger partial charge in [0.1, 0.15) is 4.83 Å². The number of carbonyl (C=O) groups excluding carboxylic acids is 1. The van der Waals surface area contributed by atoms with Gasteiger partial charge in [0.25, 0.3) is 5.56 Å². The highest BCUT2D eigenvalue weighted by Crippen LogP contribution is 2.30. The number of nitrogens with zero attached hydrogens (tertiary/aromatic N) is 3. The normalized spacial score (nSPS) is 16.9. The summed E-state index contributed by atoms with van der Waals surface area (Å²) in [5.74, 6) is 0.363. The molecule has 30 heavy (non-hydrogen) atoms. The van der Waals surface area contributed by atoms with E-state index in [2.05, 4.69) is 6.92 Å². The van der Waals surface area contributed by atoms with Gasteiger partial charge in [0.15, 0.2) is 5.16 Å². The molecule has 1 amide bonds. The summed E-state index contributed by atoms with van der Waals surface area (Å²) >= 11 is 8.90. The van der Waals surface area contributed by atoms with Gasteiger partial charge in [-0.15, -0.1) is 11.3 Å². The first-order valence-electron chi connectivity index (χ1n) is 10.1. The summed E-state index contributed by atoms with van der Waals surface area (Å²) in [6.45, 7) is 6.87. The molecule has 1 fully saturated rings. The first-order valence-corrected chi connectivity index (χ1v) is 12.3. The van der Waals surface area contributed by atoms with Crippen LogP contribution >= 0.6 is 34.7 Å². The van der Waals surface area contributed by atoms with Gasteiger partial charge in [-0.3, -0.25) is 14.2 Å². The van der Waals surface area contributed by atoms with Crippen molar-refractivity contribution in [1.29, 1.82) is 0 Å². The van der Waals surface area contributed by atoms with E-state index in [-0.39, 0.29) is 23.3 Å². The van der Waals surface area contributed by atoms with E-state index in [1.807, 2.05) is 30.9 Å². The maximum absolute atomic E-state index is 13.5. The Morgan fingerprint density at radius 2 is 2.00 bits per heavy atom. The molecule has 1 aliphatic heterocycles. The highest BCUT2D eigenvalue weighted by atomic mass is 35.5. The number of rotatable bonds is 4. The Balaban J connectivity index is 1.74. The average Bonchev–Trinajstić information content (AvgIpc) is 3.01. The summed E-state index contributed by atoms with van der Waals surface area (Å²) in [6.07, 6.45) is 3.27. The zero-order valence-electron chi connectivity index (χ0n) is 17.3. The van der Waals surface area contributed by atoms with E-state index in [9.17, 15) is 9.59 Å². The molecule has 0 aliphatic carbocycles. The molecule has 0 N–H and O–H groups in total. The Hall–Kier alpha value is -1.83. The molecule has 1 unspecified atom stereocenters. The zero-order valence-corrected chi connectivity index (χ0v) is 19.7. The molecule has 0 bridgehead atoms. The summed E-state index contributed by atoms with van der Waals surface area (Å²) in [4.78, 5) is 34.9. The summed E-state index contributed by atoms with van der Waals surface area (Å²) in [6, 6.07) is 7.40. The van der Waals surface area contributed by atoms with Crippen molar-refractivity contribution in [3.05, 3.63) is 50.1 Å². The number of aromatic nitrogens is 2. The fourth-order valence-electron chi connectivity index (χ4n) is 3.87. The van der Waals surface area contributed by atoms with Gasteiger partial charge >= 0.3 is 0 Å². The van der Waals surface area contributed by atoms with Crippen LogP contribution in [0.15, 0.2) is 34.2 Å². The van der Waals surface area contributed by atoms with E-state index in [1.165, 1.54) is 29.5 Å². The Kier molecular flexibility index (Phi) is 6.23. The summed E-state index contributed by atoms with van der Waals surface area (Å²) < 4.78 is 1.61. The van der Waals surface area contributed by atoms with Gasteiger partial charge in [0, 0.05) is 22.5 Å². The van der Waals surface area contributed by atoms with Crippen molar-refractivity contribution in [2.75, 3.05) is 12.3 Å². The van der Waals surface area contributed by atoms with Gasteiger partial charge in [0.2, 0.25) is 5.91 Å². The fraction of sp³-hybridized carbons (Fsp3) is 0.409. The van der Waals surface area contributed by atoms with Crippen molar-refractivity contribution in [3.63, 3.8) is 0 Å². The lowest BCUT2D eigenvalue weighted by molar-refractivity contribution is -0.131. The van der Waals surface area contributed by atoms with Crippen molar-refractivity contribution in [3.8, 4) is 5.69 Å². The molecular weight excluding hydrogens is 438 g/mol. The number of aryl methyl sites for hydroxylation is 2. The lowest BCUT2D eigenvalue weighted by Crippen LogP contribution is -2.43. The minimum atomic E-state index is -0.106. The number of likely N-dealkylation sites (tertiary alicyclic amines) is 1. The van der Waals surface area contributed by atoms with Crippen LogP contribution < -0.4 is 5.56 Å². The minimum absolute atomic E-state index is 0.0998. The van der Waals surface area contributed by atoms with E-state index in [0.717, 1.165) is 34.7 Å². The predicted octanol–water partition coefficient (Wildman–Crippen LogP) is 5.21. The van der Waals surface area contributed by atoms with E-state index >= 15 is 0 Å². The van der Waals surface area contributed by atoms with Crippen LogP contribution in [-0.2, 0) is 4.79 Å². The number of carbonyl (C=O) groups is 1. The molecule has 0 radical (unpaired) electrons. The molecule has 2 aromatic heterocycles. The van der Waals surface area contributed by atoms with Crippen LogP contribution in [0, 0.1) is 13.8 Å². The Morgan fingerprint density at radius 3 is 2.70 bits per heavy atom. The molecule has 0 saturated carbocycles. The van der Waals surface area contributed by atoms with Crippen molar-refractivity contribution < 1.29 is 4.79 Å². The van der Waals surface area contributed by atoms with Crippen molar-refractivity contribution in [1.82, 2.24) is 14.5 Å². The second-order valence-corrected chi connectivity index (χ2v) is 10.3. The summed E-state index contributed by atoms with van der Waals surface area (Å²) in [5.41, 5.74) is 1.55. The van der Waals surface area contributed by atoms with Crippen LogP contribution in [0.5, 0.6) is 0 Å². The van der Waals surface area contributed by atoms with Gasteiger partial charge in [-0.25, -0.2) is 4.98 Å². The number of thiophene rings is 1. The maximum atomic E-state index is 13.5. The molecule has 3 aromatic rings. The molecule has 4 rings (SSSR count). The number of hydrogen-bond acceptors (Lipinski definition) is 5. The van der Waals surface area contributed by atoms with E-state index < -0.39 is 0 Å². The number of benzene rings is 1. The number of piperidine rings is 1. The highest BCUT2D eigenvalue weighted by Gasteiger charge is 2.24. The topological polar surface area (TPSA) is 55.2 Å². The first kappa shape index (κ1) is 21.4. The summed E-state index contributed by atoms with van der Waals surface area (Å²) in [5, 5.41) is 1.79. The largest absolute Gasteiger partial charge is 0.339 e. The van der Waals surface area contributed by atoms with Crippen molar-refractivity contribution >= 4 is 50.8 Å². The average molecular weight is 462 g/mol. The monoisotopic (exact) mass is 461 g/mol. The second kappa shape index (κ2) is 8.73. The van der Waals surface area contributed by atoms with Crippen LogP contribution in [0.1, 0.15) is 36.6 Å². The number of fused-ring (bicyclic) bond motifs is 1. The fourth-order valence-corrected chi connectivity index (χ4v) is 5.96. The molecular formula is C22H24ClN3O2S2. The van der Waals surface area contributed by atoms with Crippen LogP contribution in [0.3, 0.4) is 0 Å². The van der Waals surface area contributed by atoms with Crippen LogP contribution in [0.2, 0.25) is 5.02 Å². The number of hydrogen-bond donors (Lipinski definition) is 0. The summed E-state index contributed by atoms with van der Waals surface area (Å²) in [7, 11) is 0. The molecule has 1 aliphatic rings. The Morgan fingerprint density at radius 1 is 1.27 bits per heavy atom. The third-order valence-electron chi connectivity index (χ3n) is 5.71. The lowest BCUT2D eigenvalue weighted by atomic mass is 10.0. The third kappa shape index (κ3) is 4.03. The first-order chi connectivity index (χ1) is 14.4. The smallest absolute Gasteiger partial charge is 0.267 e. The van der Waals surface area contributed by atoms with E-state index in [0.29, 0.717) is 21.3 Å². The Labute approximate surface area is 189 Å². The number of thioether (sulfide) groups is 1. The highest BCUT2D eigenvalue weighted by molar-refractivity contribution is 7.99. The number of halogens is 1. The predicted molar refractivity (Wildman–Crippen MR) is 125 cm³/mol. The van der Waals surface area contributed by atoms with Gasteiger partial charge in [0.05, 0.1) is 16.8 Å². The molecule has 8 heteroatoms. The molecule has 1 saturated heterocycles. The van der Waals surface area contributed by atoms with Gasteiger partial charge in [-0.1, -0.05) is 23.4 Å². The second-order valence-electron chi connectivity index (χ2n) is 7.70. The zero-order chi connectivity index (χ0) is 21.4. The van der Waals surface area contributed by atoms with Gasteiger partial charge in [-0.05, 0) is 69.9 Å². The molecule has 5 nitrogen and oxygen atoms in total. The van der Waals surface area contributed by atoms with Crippen molar-refractivity contribution in [2.45, 2.75) is 51.2 Å². The number of amides is 1. The molecule has 1 atom stereocenters. The van der Waals surface area contributed by atoms with E-state index in [1.54, 1.807) is 16.7 Å². The molecule has 158 valence electrons. The van der Waals surface area contributed by atoms with Gasteiger partial charge < -0.3 is 4.90 Å². The Bertz CT molecular complexity index is 1150. The quantitative estimate of drug-likeness (QED) is 0.395.